The van der Waals surface area contributed by atoms with Crippen molar-refractivity contribution in [2.75, 3.05) is 39.6 Å². The largest absolute Gasteiger partial charge is 0.379 e. The second-order valence-electron chi connectivity index (χ2n) is 6.82. The predicted octanol–water partition coefficient (Wildman–Crippen LogP) is 4.57. The minimum Gasteiger partial charge on any atom is -0.379 e. The van der Waals surface area contributed by atoms with E-state index in [2.05, 4.69) is 26.0 Å². The molecule has 0 radical (unpaired) electrons. The van der Waals surface area contributed by atoms with Crippen molar-refractivity contribution in [3.8, 4) is 0 Å². The Morgan fingerprint density at radius 2 is 1.60 bits per heavy atom. The van der Waals surface area contributed by atoms with E-state index in [0.29, 0.717) is 38.1 Å². The first-order chi connectivity index (χ1) is 12.3. The van der Waals surface area contributed by atoms with Gasteiger partial charge in [-0.3, -0.25) is 4.79 Å². The van der Waals surface area contributed by atoms with Gasteiger partial charge in [-0.25, -0.2) is 0 Å². The standard InChI is InChI=1S/C21H38O4/c1-3-5-6-10-20-19(11-12-21(20)22)9-7-8-14-24-16-18-25-17-15-23-13-4-2/h5-6,19-20H,3-4,7-18H2,1-2H3/b6-5-. The van der Waals surface area contributed by atoms with E-state index in [1.807, 2.05) is 0 Å². The Labute approximate surface area is 154 Å². The molecule has 0 aromatic rings. The Morgan fingerprint density at radius 1 is 0.920 bits per heavy atom. The summed E-state index contributed by atoms with van der Waals surface area (Å²) in [6.07, 6.45) is 12.7. The molecule has 25 heavy (non-hydrogen) atoms. The quantitative estimate of drug-likeness (QED) is 0.301. The van der Waals surface area contributed by atoms with Gasteiger partial charge in [-0.05, 0) is 44.4 Å². The summed E-state index contributed by atoms with van der Waals surface area (Å²) in [6, 6.07) is 0. The highest BCUT2D eigenvalue weighted by Gasteiger charge is 2.32. The number of allylic oxidation sites excluding steroid dienone is 2. The maximum Gasteiger partial charge on any atom is 0.136 e. The second kappa shape index (κ2) is 15.5. The molecule has 0 aromatic carbocycles. The molecule has 1 fully saturated rings. The first-order valence-corrected chi connectivity index (χ1v) is 10.2. The number of Topliss-reactive ketones (excluding diaryl/α,β-unsaturated/α-hetero) is 1. The van der Waals surface area contributed by atoms with Crippen LogP contribution in [0.3, 0.4) is 0 Å². The highest BCUT2D eigenvalue weighted by molar-refractivity contribution is 5.83. The SMILES string of the molecule is CC/C=C\CC1C(=O)CCC1CCCCOCCOCCOCCC. The lowest BCUT2D eigenvalue weighted by Gasteiger charge is -2.16. The smallest absolute Gasteiger partial charge is 0.136 e. The summed E-state index contributed by atoms with van der Waals surface area (Å²) in [5.74, 6) is 1.33. The topological polar surface area (TPSA) is 44.8 Å². The van der Waals surface area contributed by atoms with Gasteiger partial charge in [0.15, 0.2) is 0 Å². The van der Waals surface area contributed by atoms with E-state index in [4.69, 9.17) is 14.2 Å². The summed E-state index contributed by atoms with van der Waals surface area (Å²) >= 11 is 0. The summed E-state index contributed by atoms with van der Waals surface area (Å²) in [6.45, 7) is 8.44. The lowest BCUT2D eigenvalue weighted by atomic mass is 9.88. The van der Waals surface area contributed by atoms with Crippen LogP contribution in [0, 0.1) is 11.8 Å². The van der Waals surface area contributed by atoms with E-state index in [9.17, 15) is 4.79 Å². The van der Waals surface area contributed by atoms with Crippen LogP contribution in [-0.2, 0) is 19.0 Å². The number of carbonyl (C=O) groups is 1. The Balaban J connectivity index is 1.95. The molecule has 146 valence electrons. The molecular weight excluding hydrogens is 316 g/mol. The van der Waals surface area contributed by atoms with Crippen LogP contribution in [0.15, 0.2) is 12.2 Å². The summed E-state index contributed by atoms with van der Waals surface area (Å²) in [4.78, 5) is 12.0. The predicted molar refractivity (Wildman–Crippen MR) is 102 cm³/mol. The van der Waals surface area contributed by atoms with Crippen LogP contribution in [-0.4, -0.2) is 45.4 Å². The van der Waals surface area contributed by atoms with Gasteiger partial charge < -0.3 is 14.2 Å². The maximum absolute atomic E-state index is 12.0. The molecule has 0 amide bonds. The van der Waals surface area contributed by atoms with Gasteiger partial charge in [-0.2, -0.15) is 0 Å². The van der Waals surface area contributed by atoms with Crippen molar-refractivity contribution in [1.29, 1.82) is 0 Å². The summed E-state index contributed by atoms with van der Waals surface area (Å²) in [5, 5.41) is 0. The van der Waals surface area contributed by atoms with E-state index in [1.165, 1.54) is 0 Å². The highest BCUT2D eigenvalue weighted by atomic mass is 16.5. The molecule has 0 aromatic heterocycles. The van der Waals surface area contributed by atoms with Crippen LogP contribution in [0.1, 0.15) is 65.2 Å². The molecule has 0 spiro atoms. The van der Waals surface area contributed by atoms with Crippen LogP contribution >= 0.6 is 0 Å². The average Bonchev–Trinajstić information content (AvgIpc) is 2.96. The van der Waals surface area contributed by atoms with Crippen LogP contribution in [0.2, 0.25) is 0 Å². The second-order valence-corrected chi connectivity index (χ2v) is 6.82. The molecule has 0 N–H and O–H groups in total. The molecule has 1 aliphatic carbocycles. The van der Waals surface area contributed by atoms with Crippen molar-refractivity contribution >= 4 is 5.78 Å². The van der Waals surface area contributed by atoms with Crippen molar-refractivity contribution in [2.45, 2.75) is 65.2 Å². The number of ketones is 1. The lowest BCUT2D eigenvalue weighted by molar-refractivity contribution is -0.121. The Bertz CT molecular complexity index is 354. The third-order valence-electron chi connectivity index (χ3n) is 4.74. The Morgan fingerprint density at radius 3 is 2.28 bits per heavy atom. The van der Waals surface area contributed by atoms with Gasteiger partial charge >= 0.3 is 0 Å². The van der Waals surface area contributed by atoms with Crippen LogP contribution in [0.25, 0.3) is 0 Å². The first kappa shape index (κ1) is 22.3. The third kappa shape index (κ3) is 10.8. The van der Waals surface area contributed by atoms with Crippen LogP contribution < -0.4 is 0 Å². The number of hydrogen-bond acceptors (Lipinski definition) is 4. The van der Waals surface area contributed by atoms with Gasteiger partial charge in [0.05, 0.1) is 26.4 Å². The van der Waals surface area contributed by atoms with E-state index in [1.54, 1.807) is 0 Å². The van der Waals surface area contributed by atoms with Crippen LogP contribution in [0.4, 0.5) is 0 Å². The molecular formula is C21H38O4. The molecule has 0 saturated heterocycles. The van der Waals surface area contributed by atoms with Gasteiger partial charge in [0, 0.05) is 25.6 Å². The summed E-state index contributed by atoms with van der Waals surface area (Å²) in [7, 11) is 0. The lowest BCUT2D eigenvalue weighted by Crippen LogP contribution is -2.14. The zero-order chi connectivity index (χ0) is 18.2. The number of carbonyl (C=O) groups excluding carboxylic acids is 1. The van der Waals surface area contributed by atoms with Crippen molar-refractivity contribution in [3.05, 3.63) is 12.2 Å². The molecule has 1 aliphatic rings. The fourth-order valence-electron chi connectivity index (χ4n) is 3.35. The minimum absolute atomic E-state index is 0.270. The van der Waals surface area contributed by atoms with Crippen molar-refractivity contribution in [1.82, 2.24) is 0 Å². The van der Waals surface area contributed by atoms with E-state index in [-0.39, 0.29) is 5.92 Å². The fraction of sp³-hybridized carbons (Fsp3) is 0.857. The zero-order valence-corrected chi connectivity index (χ0v) is 16.3. The van der Waals surface area contributed by atoms with Crippen molar-refractivity contribution in [2.24, 2.45) is 11.8 Å². The van der Waals surface area contributed by atoms with Crippen molar-refractivity contribution in [3.63, 3.8) is 0 Å². The number of hydrogen-bond donors (Lipinski definition) is 0. The van der Waals surface area contributed by atoms with Gasteiger partial charge in [-0.1, -0.05) is 32.4 Å². The van der Waals surface area contributed by atoms with Gasteiger partial charge in [0.2, 0.25) is 0 Å². The number of ether oxygens (including phenoxy) is 3. The molecule has 4 heteroatoms. The molecule has 2 unspecified atom stereocenters. The highest BCUT2D eigenvalue weighted by Crippen LogP contribution is 2.35. The average molecular weight is 355 g/mol. The Hall–Kier alpha value is -0.710. The summed E-state index contributed by atoms with van der Waals surface area (Å²) in [5.41, 5.74) is 0. The fourth-order valence-corrected chi connectivity index (χ4v) is 3.35. The summed E-state index contributed by atoms with van der Waals surface area (Å²) < 4.78 is 16.4. The van der Waals surface area contributed by atoms with Gasteiger partial charge in [0.25, 0.3) is 0 Å². The van der Waals surface area contributed by atoms with E-state index >= 15 is 0 Å². The van der Waals surface area contributed by atoms with E-state index < -0.39 is 0 Å². The Kier molecular flexibility index (Phi) is 13.9. The van der Waals surface area contributed by atoms with Crippen LogP contribution in [0.5, 0.6) is 0 Å². The molecule has 1 rings (SSSR count). The number of rotatable bonds is 16. The molecule has 2 atom stereocenters. The molecule has 0 heterocycles. The molecule has 4 nitrogen and oxygen atoms in total. The molecule has 0 bridgehead atoms. The van der Waals surface area contributed by atoms with Crippen molar-refractivity contribution < 1.29 is 19.0 Å². The minimum atomic E-state index is 0.270. The number of unbranched alkanes of at least 4 members (excludes halogenated alkanes) is 1. The van der Waals surface area contributed by atoms with E-state index in [0.717, 1.165) is 64.6 Å². The zero-order valence-electron chi connectivity index (χ0n) is 16.3. The monoisotopic (exact) mass is 354 g/mol. The molecule has 0 aliphatic heterocycles. The third-order valence-corrected chi connectivity index (χ3v) is 4.74. The van der Waals surface area contributed by atoms with Gasteiger partial charge in [-0.15, -0.1) is 0 Å². The normalized spacial score (nSPS) is 20.8. The van der Waals surface area contributed by atoms with Gasteiger partial charge in [0.1, 0.15) is 5.78 Å². The first-order valence-electron chi connectivity index (χ1n) is 10.2. The maximum atomic E-state index is 12.0. The molecule has 1 saturated carbocycles.